The number of nitrogens with zero attached hydrogens (tertiary/aromatic N) is 2. The highest BCUT2D eigenvalue weighted by Crippen LogP contribution is 2.23. The third-order valence-corrected chi connectivity index (χ3v) is 5.68. The number of benzene rings is 2. The molecule has 4 rings (SSSR count). The van der Waals surface area contributed by atoms with Gasteiger partial charge in [-0.05, 0) is 17.7 Å². The first kappa shape index (κ1) is 19.1. The number of anilines is 1. The summed E-state index contributed by atoms with van der Waals surface area (Å²) in [6.07, 6.45) is 0.268. The van der Waals surface area contributed by atoms with Gasteiger partial charge in [0.15, 0.2) is 0 Å². The normalized spacial score (nSPS) is 13.8. The molecule has 3 aromatic rings. The fraction of sp³-hybridized carbons (Fsp3) is 0.227. The van der Waals surface area contributed by atoms with Crippen molar-refractivity contribution >= 4 is 28.8 Å². The minimum Gasteiger partial charge on any atom is -0.360 e. The van der Waals surface area contributed by atoms with Gasteiger partial charge in [0, 0.05) is 36.3 Å². The minimum absolute atomic E-state index is 0.0463. The Hall–Kier alpha value is -3.19. The first-order valence-electron chi connectivity index (χ1n) is 9.54. The first-order valence-corrected chi connectivity index (χ1v) is 10.4. The van der Waals surface area contributed by atoms with E-state index in [1.807, 2.05) is 64.9 Å². The second-order valence-corrected chi connectivity index (χ2v) is 7.76. The molecule has 0 atom stereocenters. The summed E-state index contributed by atoms with van der Waals surface area (Å²) in [5, 5.41) is 8.64. The number of hydrogen-bond acceptors (Lipinski definition) is 5. The van der Waals surface area contributed by atoms with Gasteiger partial charge in [-0.3, -0.25) is 9.59 Å². The second kappa shape index (κ2) is 8.87. The maximum Gasteiger partial charge on any atom is 0.239 e. The maximum absolute atomic E-state index is 12.3. The van der Waals surface area contributed by atoms with Crippen molar-refractivity contribution in [1.82, 2.24) is 15.6 Å². The van der Waals surface area contributed by atoms with Crippen molar-refractivity contribution in [3.63, 3.8) is 0 Å². The van der Waals surface area contributed by atoms with Gasteiger partial charge in [-0.15, -0.1) is 11.3 Å². The van der Waals surface area contributed by atoms with E-state index in [2.05, 4.69) is 15.6 Å². The predicted octanol–water partition coefficient (Wildman–Crippen LogP) is 2.61. The van der Waals surface area contributed by atoms with E-state index >= 15 is 0 Å². The second-order valence-electron chi connectivity index (χ2n) is 6.90. The summed E-state index contributed by atoms with van der Waals surface area (Å²) in [6.45, 7) is 2.32. The van der Waals surface area contributed by atoms with E-state index < -0.39 is 0 Å². The summed E-state index contributed by atoms with van der Waals surface area (Å²) in [5.41, 5.74) is 3.89. The van der Waals surface area contributed by atoms with Gasteiger partial charge in [-0.1, -0.05) is 42.5 Å². The largest absolute Gasteiger partial charge is 0.360 e. The minimum atomic E-state index is -0.0494. The fourth-order valence-corrected chi connectivity index (χ4v) is 4.04. The zero-order valence-electron chi connectivity index (χ0n) is 15.9. The molecule has 1 aliphatic rings. The third-order valence-electron chi connectivity index (χ3n) is 4.74. The topological polar surface area (TPSA) is 74.3 Å². The summed E-state index contributed by atoms with van der Waals surface area (Å²) in [4.78, 5) is 30.4. The molecule has 2 amide bonds. The first-order chi connectivity index (χ1) is 14.2. The molecule has 0 bridgehead atoms. The van der Waals surface area contributed by atoms with E-state index in [-0.39, 0.29) is 18.2 Å². The molecule has 1 saturated heterocycles. The highest BCUT2D eigenvalue weighted by Gasteiger charge is 2.16. The number of thiazole rings is 1. The van der Waals surface area contributed by atoms with Gasteiger partial charge >= 0.3 is 0 Å². The smallest absolute Gasteiger partial charge is 0.239 e. The Morgan fingerprint density at radius 1 is 1.14 bits per heavy atom. The number of piperazine rings is 1. The molecule has 148 valence electrons. The van der Waals surface area contributed by atoms with Gasteiger partial charge in [0.25, 0.3) is 0 Å². The predicted molar refractivity (Wildman–Crippen MR) is 115 cm³/mol. The number of aromatic nitrogens is 1. The highest BCUT2D eigenvalue weighted by atomic mass is 32.1. The van der Waals surface area contributed by atoms with E-state index in [1.54, 1.807) is 11.3 Å². The average Bonchev–Trinajstić information content (AvgIpc) is 3.22. The van der Waals surface area contributed by atoms with Gasteiger partial charge in [0.2, 0.25) is 11.8 Å². The maximum atomic E-state index is 12.3. The van der Waals surface area contributed by atoms with Gasteiger partial charge in [0.1, 0.15) is 5.01 Å². The number of carbonyl (C=O) groups excluding carboxylic acids is 2. The Morgan fingerprint density at radius 2 is 1.93 bits per heavy atom. The van der Waals surface area contributed by atoms with Crippen molar-refractivity contribution in [1.29, 1.82) is 0 Å². The van der Waals surface area contributed by atoms with Crippen molar-refractivity contribution < 1.29 is 9.59 Å². The lowest BCUT2D eigenvalue weighted by Crippen LogP contribution is -2.47. The molecule has 6 nitrogen and oxygen atoms in total. The number of amides is 2. The van der Waals surface area contributed by atoms with Crippen molar-refractivity contribution in [3.8, 4) is 10.6 Å². The summed E-state index contributed by atoms with van der Waals surface area (Å²) < 4.78 is 0. The summed E-state index contributed by atoms with van der Waals surface area (Å²) in [7, 11) is 0. The van der Waals surface area contributed by atoms with Gasteiger partial charge in [-0.2, -0.15) is 0 Å². The van der Waals surface area contributed by atoms with Crippen LogP contribution in [0.1, 0.15) is 11.3 Å². The Balaban J connectivity index is 1.28. The van der Waals surface area contributed by atoms with Crippen molar-refractivity contribution in [2.45, 2.75) is 13.0 Å². The van der Waals surface area contributed by atoms with Crippen LogP contribution in [0.2, 0.25) is 0 Å². The number of carbonyl (C=O) groups is 2. The molecular weight excluding hydrogens is 384 g/mol. The van der Waals surface area contributed by atoms with Crippen LogP contribution in [0, 0.1) is 0 Å². The summed E-state index contributed by atoms with van der Waals surface area (Å²) in [5.74, 6) is -0.00302. The molecule has 1 aliphatic heterocycles. The van der Waals surface area contributed by atoms with Crippen LogP contribution in [0.15, 0.2) is 60.0 Å². The van der Waals surface area contributed by atoms with Crippen LogP contribution in [0.3, 0.4) is 0 Å². The standard InChI is InChI=1S/C22H22N4O2S/c27-20(12-18-15-29-22(25-18)17-4-2-1-3-5-17)24-13-16-6-8-19(9-7-16)26-11-10-23-21(28)14-26/h1-9,15H,10-14H2,(H,23,28)(H,24,27). The Bertz CT molecular complexity index is 986. The fourth-order valence-electron chi connectivity index (χ4n) is 3.21. The van der Waals surface area contributed by atoms with Crippen molar-refractivity contribution in [2.24, 2.45) is 0 Å². The van der Waals surface area contributed by atoms with Crippen molar-refractivity contribution in [3.05, 3.63) is 71.2 Å². The lowest BCUT2D eigenvalue weighted by atomic mass is 10.1. The molecule has 2 aromatic carbocycles. The molecule has 2 heterocycles. The van der Waals surface area contributed by atoms with Crippen LogP contribution in [-0.2, 0) is 22.6 Å². The van der Waals surface area contributed by atoms with E-state index in [4.69, 9.17) is 0 Å². The van der Waals surface area contributed by atoms with E-state index in [9.17, 15) is 9.59 Å². The SMILES string of the molecule is O=C(Cc1csc(-c2ccccc2)n1)NCc1ccc(N2CCNC(=O)C2)cc1. The monoisotopic (exact) mass is 406 g/mol. The quantitative estimate of drug-likeness (QED) is 0.660. The molecule has 7 heteroatoms. The lowest BCUT2D eigenvalue weighted by Gasteiger charge is -2.28. The third kappa shape index (κ3) is 5.00. The molecule has 0 radical (unpaired) electrons. The molecular formula is C22H22N4O2S. The van der Waals surface area contributed by atoms with Crippen LogP contribution in [0.5, 0.6) is 0 Å². The number of nitrogens with one attached hydrogen (secondary N) is 2. The molecule has 0 saturated carbocycles. The van der Waals surface area contributed by atoms with Crippen LogP contribution in [-0.4, -0.2) is 36.4 Å². The van der Waals surface area contributed by atoms with E-state index in [0.717, 1.165) is 34.1 Å². The van der Waals surface area contributed by atoms with E-state index in [1.165, 1.54) is 0 Å². The van der Waals surface area contributed by atoms with Gasteiger partial charge in [-0.25, -0.2) is 4.98 Å². The zero-order chi connectivity index (χ0) is 20.1. The average molecular weight is 407 g/mol. The zero-order valence-corrected chi connectivity index (χ0v) is 16.7. The number of rotatable bonds is 6. The van der Waals surface area contributed by atoms with Gasteiger partial charge < -0.3 is 15.5 Å². The van der Waals surface area contributed by atoms with E-state index in [0.29, 0.717) is 19.6 Å². The molecule has 1 fully saturated rings. The summed E-state index contributed by atoms with van der Waals surface area (Å²) in [6, 6.07) is 17.9. The molecule has 29 heavy (non-hydrogen) atoms. The Kier molecular flexibility index (Phi) is 5.86. The lowest BCUT2D eigenvalue weighted by molar-refractivity contribution is -0.121. The highest BCUT2D eigenvalue weighted by molar-refractivity contribution is 7.13. The van der Waals surface area contributed by atoms with Crippen LogP contribution in [0.25, 0.3) is 10.6 Å². The molecule has 2 N–H and O–H groups in total. The molecule has 0 unspecified atom stereocenters. The number of hydrogen-bond donors (Lipinski definition) is 2. The van der Waals surface area contributed by atoms with Crippen molar-refractivity contribution in [2.75, 3.05) is 24.5 Å². The van der Waals surface area contributed by atoms with Crippen LogP contribution in [0.4, 0.5) is 5.69 Å². The van der Waals surface area contributed by atoms with Gasteiger partial charge in [0.05, 0.1) is 18.7 Å². The molecule has 0 spiro atoms. The molecule has 0 aliphatic carbocycles. The summed E-state index contributed by atoms with van der Waals surface area (Å²) >= 11 is 1.55. The van der Waals surface area contributed by atoms with Crippen LogP contribution < -0.4 is 15.5 Å². The van der Waals surface area contributed by atoms with Crippen LogP contribution >= 0.6 is 11.3 Å². The Morgan fingerprint density at radius 3 is 2.69 bits per heavy atom. The molecule has 1 aromatic heterocycles. The Labute approximate surface area is 173 Å².